The highest BCUT2D eigenvalue weighted by Gasteiger charge is 2.62. The maximum absolute atomic E-state index is 13.4. The molecule has 1 amide bonds. The smallest absolute Gasteiger partial charge is 0.219 e. The predicted molar refractivity (Wildman–Crippen MR) is 95.3 cm³/mol. The molecule has 3 aliphatic heterocycles. The van der Waals surface area contributed by atoms with Crippen molar-refractivity contribution in [3.05, 3.63) is 29.6 Å². The molecule has 1 N–H and O–H groups in total. The van der Waals surface area contributed by atoms with Gasteiger partial charge in [0.25, 0.3) is 0 Å². The largest absolute Gasteiger partial charge is 0.496 e. The average molecular weight is 362 g/mol. The van der Waals surface area contributed by atoms with E-state index in [0.29, 0.717) is 30.6 Å². The van der Waals surface area contributed by atoms with Gasteiger partial charge in [0.05, 0.1) is 18.8 Å². The van der Waals surface area contributed by atoms with E-state index in [1.54, 1.807) is 13.2 Å². The Morgan fingerprint density at radius 3 is 3.12 bits per heavy atom. The first-order valence-corrected chi connectivity index (χ1v) is 9.54. The van der Waals surface area contributed by atoms with E-state index < -0.39 is 0 Å². The minimum Gasteiger partial charge on any atom is -0.496 e. The number of rotatable bonds is 6. The lowest BCUT2D eigenvalue weighted by Gasteiger charge is -2.29. The van der Waals surface area contributed by atoms with Gasteiger partial charge < -0.3 is 14.8 Å². The van der Waals surface area contributed by atoms with E-state index in [1.165, 1.54) is 12.1 Å². The van der Waals surface area contributed by atoms with Crippen LogP contribution in [0.4, 0.5) is 4.39 Å². The van der Waals surface area contributed by atoms with E-state index in [9.17, 15) is 9.18 Å². The third-order valence-corrected chi connectivity index (χ3v) is 6.35. The number of benzene rings is 1. The van der Waals surface area contributed by atoms with Crippen molar-refractivity contribution in [2.45, 2.75) is 44.4 Å². The first kappa shape index (κ1) is 17.7. The summed E-state index contributed by atoms with van der Waals surface area (Å²) >= 11 is 0. The number of likely N-dealkylation sites (tertiary alicyclic amines) is 1. The van der Waals surface area contributed by atoms with Crippen molar-refractivity contribution in [2.24, 2.45) is 11.8 Å². The van der Waals surface area contributed by atoms with Gasteiger partial charge in [0, 0.05) is 56.1 Å². The van der Waals surface area contributed by atoms with Crippen molar-refractivity contribution >= 4 is 5.91 Å². The zero-order valence-electron chi connectivity index (χ0n) is 15.5. The monoisotopic (exact) mass is 362 g/mol. The van der Waals surface area contributed by atoms with Gasteiger partial charge in [0.1, 0.15) is 11.6 Å². The quantitative estimate of drug-likeness (QED) is 0.844. The van der Waals surface area contributed by atoms with Crippen molar-refractivity contribution < 1.29 is 18.7 Å². The molecule has 0 aromatic heterocycles. The molecule has 0 radical (unpaired) electrons. The summed E-state index contributed by atoms with van der Waals surface area (Å²) in [7, 11) is 1.58. The highest BCUT2D eigenvalue weighted by atomic mass is 19.1. The number of nitrogens with one attached hydrogen (secondary N) is 1. The van der Waals surface area contributed by atoms with Crippen molar-refractivity contribution in [1.29, 1.82) is 0 Å². The lowest BCUT2D eigenvalue weighted by molar-refractivity contribution is -0.121. The Hall–Kier alpha value is -1.66. The second-order valence-corrected chi connectivity index (χ2v) is 7.81. The fourth-order valence-corrected chi connectivity index (χ4v) is 5.13. The van der Waals surface area contributed by atoms with Crippen LogP contribution in [-0.4, -0.2) is 49.3 Å². The molecule has 3 heterocycles. The molecular weight excluding hydrogens is 335 g/mol. The maximum atomic E-state index is 13.4. The first-order chi connectivity index (χ1) is 12.5. The van der Waals surface area contributed by atoms with Crippen LogP contribution in [-0.2, 0) is 16.1 Å². The van der Waals surface area contributed by atoms with Crippen molar-refractivity contribution in [2.75, 3.05) is 26.7 Å². The maximum Gasteiger partial charge on any atom is 0.219 e. The van der Waals surface area contributed by atoms with Crippen LogP contribution in [0, 0.1) is 17.7 Å². The topological polar surface area (TPSA) is 50.8 Å². The zero-order chi connectivity index (χ0) is 18.3. The number of carbonyl (C=O) groups excluding carboxylic acids is 1. The Morgan fingerprint density at radius 1 is 1.50 bits per heavy atom. The van der Waals surface area contributed by atoms with Crippen LogP contribution in [0.1, 0.15) is 31.7 Å². The Labute approximate surface area is 153 Å². The first-order valence-electron chi connectivity index (χ1n) is 9.54. The molecule has 1 aromatic rings. The third kappa shape index (κ3) is 2.99. The lowest BCUT2D eigenvalue weighted by atomic mass is 9.73. The summed E-state index contributed by atoms with van der Waals surface area (Å²) in [6.45, 7) is 5.15. The van der Waals surface area contributed by atoms with Gasteiger partial charge in [-0.15, -0.1) is 0 Å². The molecule has 0 saturated carbocycles. The fourth-order valence-electron chi connectivity index (χ4n) is 5.13. The van der Waals surface area contributed by atoms with Crippen molar-refractivity contribution in [1.82, 2.24) is 10.2 Å². The number of nitrogens with zero attached hydrogens (tertiary/aromatic N) is 1. The molecule has 6 heteroatoms. The van der Waals surface area contributed by atoms with Crippen LogP contribution in [0.5, 0.6) is 5.75 Å². The Morgan fingerprint density at radius 2 is 2.35 bits per heavy atom. The average Bonchev–Trinajstić information content (AvgIpc) is 3.29. The zero-order valence-corrected chi connectivity index (χ0v) is 15.5. The standard InChI is InChI=1S/C20H27FN2O3/c1-3-19(24)22-9-15-16-11-23(12-20(16)7-6-17(15)26-20)10-13-4-5-14(21)8-18(13)25-2/h4-5,8,15-17H,3,6-7,9-12H2,1-2H3,(H,22,24)/t15-,16+,17+,20+/m0/s1. The van der Waals surface area contributed by atoms with Gasteiger partial charge in [-0.2, -0.15) is 0 Å². The number of methoxy groups -OCH3 is 1. The normalized spacial score (nSPS) is 32.7. The SMILES string of the molecule is CCC(=O)NC[C@H]1[C@H]2CN(Cc3ccc(F)cc3OC)C[C@]23CC[C@H]1O3. The second-order valence-electron chi connectivity index (χ2n) is 7.81. The van der Waals surface area contributed by atoms with Crippen LogP contribution in [0.25, 0.3) is 0 Å². The predicted octanol–water partition coefficient (Wildman–Crippen LogP) is 2.34. The molecule has 4 atom stereocenters. The van der Waals surface area contributed by atoms with Crippen molar-refractivity contribution in [3.8, 4) is 5.75 Å². The number of ether oxygens (including phenoxy) is 2. The van der Waals surface area contributed by atoms with Crippen molar-refractivity contribution in [3.63, 3.8) is 0 Å². The van der Waals surface area contributed by atoms with Gasteiger partial charge in [-0.1, -0.05) is 13.0 Å². The number of halogens is 1. The number of fused-ring (bicyclic) bond motifs is 1. The number of hydrogen-bond acceptors (Lipinski definition) is 4. The van der Waals surface area contributed by atoms with E-state index in [2.05, 4.69) is 10.2 Å². The van der Waals surface area contributed by atoms with Crippen LogP contribution >= 0.6 is 0 Å². The van der Waals surface area contributed by atoms with E-state index in [1.807, 2.05) is 6.92 Å². The third-order valence-electron chi connectivity index (χ3n) is 6.35. The Kier molecular flexibility index (Phi) is 4.65. The van der Waals surface area contributed by atoms with Crippen LogP contribution in [0.2, 0.25) is 0 Å². The fraction of sp³-hybridized carbons (Fsp3) is 0.650. The molecule has 4 rings (SSSR count). The highest BCUT2D eigenvalue weighted by molar-refractivity contribution is 5.75. The summed E-state index contributed by atoms with van der Waals surface area (Å²) in [5, 5.41) is 3.06. The van der Waals surface area contributed by atoms with Gasteiger partial charge in [0.2, 0.25) is 5.91 Å². The van der Waals surface area contributed by atoms with Crippen LogP contribution in [0.3, 0.4) is 0 Å². The summed E-state index contributed by atoms with van der Waals surface area (Å²) in [6, 6.07) is 4.73. The summed E-state index contributed by atoms with van der Waals surface area (Å²) in [4.78, 5) is 14.0. The summed E-state index contributed by atoms with van der Waals surface area (Å²) in [5.41, 5.74) is 0.926. The summed E-state index contributed by atoms with van der Waals surface area (Å²) in [5.74, 6) is 1.25. The molecule has 1 aromatic carbocycles. The minimum absolute atomic E-state index is 0.0699. The number of hydrogen-bond donors (Lipinski definition) is 1. The number of carbonyl (C=O) groups is 1. The Balaban J connectivity index is 1.46. The molecule has 142 valence electrons. The van der Waals surface area contributed by atoms with E-state index in [4.69, 9.17) is 9.47 Å². The van der Waals surface area contributed by atoms with Gasteiger partial charge in [0.15, 0.2) is 0 Å². The lowest BCUT2D eigenvalue weighted by Crippen LogP contribution is -2.41. The van der Waals surface area contributed by atoms with Crippen LogP contribution in [0.15, 0.2) is 18.2 Å². The van der Waals surface area contributed by atoms with Gasteiger partial charge in [-0.3, -0.25) is 9.69 Å². The number of amides is 1. The molecule has 3 saturated heterocycles. The Bertz CT molecular complexity index is 698. The van der Waals surface area contributed by atoms with Gasteiger partial charge in [-0.25, -0.2) is 4.39 Å². The minimum atomic E-state index is -0.281. The molecule has 3 fully saturated rings. The molecule has 26 heavy (non-hydrogen) atoms. The van der Waals surface area contributed by atoms with E-state index >= 15 is 0 Å². The highest BCUT2D eigenvalue weighted by Crippen LogP contribution is 2.54. The molecule has 3 aliphatic rings. The summed E-state index contributed by atoms with van der Waals surface area (Å²) in [6.07, 6.45) is 2.97. The van der Waals surface area contributed by atoms with E-state index in [0.717, 1.165) is 38.0 Å². The molecule has 1 spiro atoms. The van der Waals surface area contributed by atoms with E-state index in [-0.39, 0.29) is 23.4 Å². The molecule has 0 aliphatic carbocycles. The van der Waals surface area contributed by atoms with Crippen LogP contribution < -0.4 is 10.1 Å². The van der Waals surface area contributed by atoms with Gasteiger partial charge >= 0.3 is 0 Å². The summed E-state index contributed by atoms with van der Waals surface area (Å²) < 4.78 is 25.2. The molecular formula is C20H27FN2O3. The molecule has 2 bridgehead atoms. The van der Waals surface area contributed by atoms with Gasteiger partial charge in [-0.05, 0) is 18.9 Å². The second kappa shape index (κ2) is 6.82. The molecule has 5 nitrogen and oxygen atoms in total. The molecule has 0 unspecified atom stereocenters.